The number of ketones is 1. The van der Waals surface area contributed by atoms with Gasteiger partial charge in [-0.05, 0) is 122 Å². The van der Waals surface area contributed by atoms with Crippen molar-refractivity contribution in [3.63, 3.8) is 0 Å². The monoisotopic (exact) mass is 633 g/mol. The first kappa shape index (κ1) is 33.2. The number of carbonyl (C=O) groups is 3. The molecule has 5 aliphatic rings. The van der Waals surface area contributed by atoms with E-state index in [0.29, 0.717) is 12.1 Å². The van der Waals surface area contributed by atoms with Gasteiger partial charge in [-0.15, -0.1) is 0 Å². The SMILES string of the molecule is CC(=O)O[C@@H]1CC[C@@]2(C)[C@H](CC[C@]3(C)[C@@H]2C(=O)C=C2[C@H]4C[C@@](C)(C(=O)Nc5ccc(N([O-])O)cc5)CC[C@]4(C)CC[C@@]23C)C1(C)C. The summed E-state index contributed by atoms with van der Waals surface area (Å²) in [5.41, 5.74) is 0.591. The first-order valence-corrected chi connectivity index (χ1v) is 17.3. The Hall–Kier alpha value is -2.71. The van der Waals surface area contributed by atoms with E-state index in [1.807, 2.05) is 6.08 Å². The minimum absolute atomic E-state index is 0.0279. The zero-order valence-corrected chi connectivity index (χ0v) is 29.0. The first-order chi connectivity index (χ1) is 21.3. The van der Waals surface area contributed by atoms with Crippen LogP contribution >= 0.6 is 0 Å². The summed E-state index contributed by atoms with van der Waals surface area (Å²) in [5, 5.41) is 23.3. The Morgan fingerprint density at radius 3 is 2.22 bits per heavy atom. The van der Waals surface area contributed by atoms with Crippen LogP contribution in [0.3, 0.4) is 0 Å². The van der Waals surface area contributed by atoms with E-state index in [2.05, 4.69) is 53.8 Å². The van der Waals surface area contributed by atoms with Crippen molar-refractivity contribution in [2.75, 3.05) is 10.5 Å². The fourth-order valence-electron chi connectivity index (χ4n) is 11.7. The average Bonchev–Trinajstić information content (AvgIpc) is 2.96. The Morgan fingerprint density at radius 1 is 0.935 bits per heavy atom. The molecule has 252 valence electrons. The molecule has 0 radical (unpaired) electrons. The van der Waals surface area contributed by atoms with Crippen LogP contribution in [0.15, 0.2) is 35.9 Å². The van der Waals surface area contributed by atoms with Crippen LogP contribution in [-0.2, 0) is 19.1 Å². The van der Waals surface area contributed by atoms with Gasteiger partial charge >= 0.3 is 5.97 Å². The van der Waals surface area contributed by atoms with E-state index >= 15 is 0 Å². The van der Waals surface area contributed by atoms with Crippen LogP contribution < -0.4 is 10.5 Å². The molecule has 0 saturated heterocycles. The lowest BCUT2D eigenvalue weighted by Gasteiger charge is -2.70. The van der Waals surface area contributed by atoms with Gasteiger partial charge < -0.3 is 20.5 Å². The number of allylic oxidation sites excluding steroid dienone is 2. The zero-order chi connectivity index (χ0) is 33.7. The lowest BCUT2D eigenvalue weighted by atomic mass is 9.33. The topological polar surface area (TPSA) is 119 Å². The number of ether oxygens (including phenoxy) is 1. The van der Waals surface area contributed by atoms with Crippen LogP contribution in [0.4, 0.5) is 11.4 Å². The van der Waals surface area contributed by atoms with Gasteiger partial charge in [0.05, 0.1) is 5.69 Å². The molecule has 0 unspecified atom stereocenters. The molecule has 9 atom stereocenters. The van der Waals surface area contributed by atoms with E-state index < -0.39 is 5.41 Å². The highest BCUT2D eigenvalue weighted by atomic mass is 16.8. The van der Waals surface area contributed by atoms with Crippen molar-refractivity contribution in [3.8, 4) is 0 Å². The predicted octanol–water partition coefficient (Wildman–Crippen LogP) is 8.23. The average molecular weight is 634 g/mol. The maximum atomic E-state index is 14.7. The largest absolute Gasteiger partial charge is 0.733 e. The van der Waals surface area contributed by atoms with Crippen molar-refractivity contribution in [2.24, 2.45) is 50.2 Å². The Balaban J connectivity index is 1.32. The number of anilines is 2. The zero-order valence-electron chi connectivity index (χ0n) is 29.0. The highest BCUT2D eigenvalue weighted by Gasteiger charge is 2.70. The van der Waals surface area contributed by atoms with Crippen LogP contribution in [0.1, 0.15) is 113 Å². The quantitative estimate of drug-likeness (QED) is 0.253. The van der Waals surface area contributed by atoms with Crippen molar-refractivity contribution in [2.45, 2.75) is 119 Å². The van der Waals surface area contributed by atoms with Crippen molar-refractivity contribution in [1.82, 2.24) is 0 Å². The normalized spacial score (nSPS) is 42.7. The van der Waals surface area contributed by atoms with Crippen molar-refractivity contribution in [1.29, 1.82) is 0 Å². The molecular formula is C38H53N2O6-. The number of fused-ring (bicyclic) bond motifs is 7. The molecule has 4 fully saturated rings. The maximum Gasteiger partial charge on any atom is 0.302 e. The molecule has 5 aliphatic carbocycles. The van der Waals surface area contributed by atoms with E-state index in [9.17, 15) is 24.8 Å². The molecule has 0 spiro atoms. The van der Waals surface area contributed by atoms with Gasteiger partial charge in [0, 0.05) is 29.4 Å². The molecular weight excluding hydrogens is 580 g/mol. The first-order valence-electron chi connectivity index (χ1n) is 17.3. The molecule has 4 saturated carbocycles. The number of amides is 1. The summed E-state index contributed by atoms with van der Waals surface area (Å²) in [6, 6.07) is 6.21. The van der Waals surface area contributed by atoms with Gasteiger partial charge in [-0.25, -0.2) is 0 Å². The Kier molecular flexibility index (Phi) is 7.68. The molecule has 0 bridgehead atoms. The van der Waals surface area contributed by atoms with Crippen LogP contribution in [0.25, 0.3) is 0 Å². The Bertz CT molecular complexity index is 1470. The van der Waals surface area contributed by atoms with E-state index in [4.69, 9.17) is 4.74 Å². The van der Waals surface area contributed by atoms with E-state index in [0.717, 1.165) is 51.4 Å². The van der Waals surface area contributed by atoms with Gasteiger partial charge in [-0.2, -0.15) is 0 Å². The number of benzene rings is 1. The summed E-state index contributed by atoms with van der Waals surface area (Å²) in [6.45, 7) is 17.6. The summed E-state index contributed by atoms with van der Waals surface area (Å²) in [4.78, 5) is 40.5. The molecule has 6 rings (SSSR count). The summed E-state index contributed by atoms with van der Waals surface area (Å²) in [5.74, 6) is 0.275. The van der Waals surface area contributed by atoms with E-state index in [1.54, 1.807) is 12.1 Å². The number of esters is 1. The van der Waals surface area contributed by atoms with Gasteiger partial charge in [0.2, 0.25) is 5.91 Å². The summed E-state index contributed by atoms with van der Waals surface area (Å²) in [7, 11) is 0. The van der Waals surface area contributed by atoms with Crippen LogP contribution in [0.5, 0.6) is 0 Å². The molecule has 1 amide bonds. The molecule has 46 heavy (non-hydrogen) atoms. The highest BCUT2D eigenvalue weighted by molar-refractivity contribution is 5.97. The summed E-state index contributed by atoms with van der Waals surface area (Å²) < 4.78 is 5.86. The number of rotatable bonds is 4. The van der Waals surface area contributed by atoms with Gasteiger partial charge in [0.15, 0.2) is 5.78 Å². The lowest BCUT2D eigenvalue weighted by Crippen LogP contribution is -2.66. The number of hydrogen-bond donors (Lipinski definition) is 2. The number of carbonyl (C=O) groups excluding carboxylic acids is 3. The lowest BCUT2D eigenvalue weighted by molar-refractivity contribution is -0.210. The molecule has 8 heteroatoms. The number of nitrogens with one attached hydrogen (secondary N) is 1. The second-order valence-corrected chi connectivity index (χ2v) is 17.5. The van der Waals surface area contributed by atoms with Crippen LogP contribution in [-0.4, -0.2) is 29.0 Å². The smallest absolute Gasteiger partial charge is 0.302 e. The number of nitrogens with zero attached hydrogens (tertiary/aromatic N) is 1. The molecule has 0 aromatic heterocycles. The molecule has 2 N–H and O–H groups in total. The van der Waals surface area contributed by atoms with Crippen molar-refractivity contribution >= 4 is 29.0 Å². The van der Waals surface area contributed by atoms with Gasteiger partial charge in [-0.1, -0.05) is 54.0 Å². The predicted molar refractivity (Wildman–Crippen MR) is 178 cm³/mol. The van der Waals surface area contributed by atoms with Crippen LogP contribution in [0.2, 0.25) is 0 Å². The van der Waals surface area contributed by atoms with Crippen LogP contribution in [0, 0.1) is 55.5 Å². The van der Waals surface area contributed by atoms with Gasteiger partial charge in [0.1, 0.15) is 6.10 Å². The minimum Gasteiger partial charge on any atom is -0.733 e. The molecule has 1 aromatic rings. The fourth-order valence-corrected chi connectivity index (χ4v) is 11.7. The Labute approximate surface area is 274 Å². The molecule has 8 nitrogen and oxygen atoms in total. The summed E-state index contributed by atoms with van der Waals surface area (Å²) >= 11 is 0. The molecule has 0 heterocycles. The second kappa shape index (κ2) is 10.6. The molecule has 1 aromatic carbocycles. The third-order valence-corrected chi connectivity index (χ3v) is 14.7. The van der Waals surface area contributed by atoms with Crippen molar-refractivity contribution in [3.05, 3.63) is 41.1 Å². The number of hydrogen-bond acceptors (Lipinski definition) is 7. The second-order valence-electron chi connectivity index (χ2n) is 17.5. The highest BCUT2D eigenvalue weighted by Crippen LogP contribution is 2.75. The molecule has 0 aliphatic heterocycles. The third-order valence-electron chi connectivity index (χ3n) is 14.7. The van der Waals surface area contributed by atoms with E-state index in [-0.39, 0.29) is 79.5 Å². The summed E-state index contributed by atoms with van der Waals surface area (Å²) in [6.07, 6.45) is 10.0. The van der Waals surface area contributed by atoms with Gasteiger partial charge in [-0.3, -0.25) is 19.6 Å². The van der Waals surface area contributed by atoms with Gasteiger partial charge in [0.25, 0.3) is 0 Å². The third kappa shape index (κ3) is 4.71. The Morgan fingerprint density at radius 2 is 1.59 bits per heavy atom. The fraction of sp³-hybridized carbons (Fsp3) is 0.711. The standard InChI is InChI=1S/C38H53N2O6/c1-23(41)46-30-14-15-36(6)29(33(30,2)3)13-16-38(8)31(36)28(42)21-26-27-22-35(5,18-17-34(27,4)19-20-37(26,38)7)32(43)39-24-9-11-25(12-10-24)40(44)45/h9-12,21,27,29-31,44H,13-20,22H2,1-8H3,(H,39,43)/q-1/t27-,29-,30-,31-,34-,35+,36+,37+,38-/m1/s1. The van der Waals surface area contributed by atoms with E-state index in [1.165, 1.54) is 24.6 Å². The minimum atomic E-state index is -0.618. The van der Waals surface area contributed by atoms with Crippen molar-refractivity contribution < 1.29 is 24.3 Å². The maximum absolute atomic E-state index is 14.7.